The fourth-order valence-corrected chi connectivity index (χ4v) is 2.58. The van der Waals surface area contributed by atoms with Crippen LogP contribution in [-0.4, -0.2) is 83.4 Å². The number of guanidine groups is 1. The van der Waals surface area contributed by atoms with E-state index in [1.54, 1.807) is 14.2 Å². The molecule has 0 aromatic rings. The van der Waals surface area contributed by atoms with E-state index < -0.39 is 12.8 Å². The van der Waals surface area contributed by atoms with Crippen LogP contribution in [0, 0.1) is 0 Å². The fraction of sp³-hybridized carbons (Fsp3) is 0.938. The minimum absolute atomic E-state index is 0. The third-order valence-electron chi connectivity index (χ3n) is 3.81. The van der Waals surface area contributed by atoms with Gasteiger partial charge in [-0.2, -0.15) is 13.2 Å². The van der Waals surface area contributed by atoms with E-state index in [0.717, 1.165) is 38.3 Å². The van der Waals surface area contributed by atoms with Gasteiger partial charge in [-0.1, -0.05) is 0 Å². The lowest BCUT2D eigenvalue weighted by Crippen LogP contribution is -2.47. The molecule has 26 heavy (non-hydrogen) atoms. The summed E-state index contributed by atoms with van der Waals surface area (Å²) in [5.41, 5.74) is 0. The molecule has 1 fully saturated rings. The number of methoxy groups -OCH3 is 1. The molecule has 0 atom stereocenters. The van der Waals surface area contributed by atoms with E-state index in [1.165, 1.54) is 0 Å². The Morgan fingerprint density at radius 3 is 2.42 bits per heavy atom. The maximum Gasteiger partial charge on any atom is 0.411 e. The van der Waals surface area contributed by atoms with Crippen molar-refractivity contribution < 1.29 is 27.4 Å². The average molecular weight is 497 g/mol. The van der Waals surface area contributed by atoms with Crippen LogP contribution in [0.25, 0.3) is 0 Å². The molecule has 1 aliphatic heterocycles. The Morgan fingerprint density at radius 1 is 1.15 bits per heavy atom. The number of halogens is 4. The summed E-state index contributed by atoms with van der Waals surface area (Å²) in [5, 5.41) is 3.17. The maximum absolute atomic E-state index is 12.0. The lowest BCUT2D eigenvalue weighted by atomic mass is 10.1. The number of rotatable bonds is 10. The number of piperidine rings is 1. The summed E-state index contributed by atoms with van der Waals surface area (Å²) in [7, 11) is 3.38. The first-order chi connectivity index (χ1) is 12.0. The normalized spacial score (nSPS) is 16.5. The van der Waals surface area contributed by atoms with Crippen LogP contribution in [0.4, 0.5) is 13.2 Å². The third-order valence-corrected chi connectivity index (χ3v) is 3.81. The lowest BCUT2D eigenvalue weighted by molar-refractivity contribution is -0.173. The summed E-state index contributed by atoms with van der Waals surface area (Å²) in [4.78, 5) is 6.38. The number of alkyl halides is 3. The lowest BCUT2D eigenvalue weighted by Gasteiger charge is -2.34. The van der Waals surface area contributed by atoms with E-state index in [1.807, 2.05) is 0 Å². The molecule has 1 rings (SSSR count). The van der Waals surface area contributed by atoms with Gasteiger partial charge in [-0.25, -0.2) is 0 Å². The van der Waals surface area contributed by atoms with E-state index in [-0.39, 0.29) is 36.7 Å². The number of nitrogens with one attached hydrogen (secondary N) is 1. The molecule has 0 bridgehead atoms. The number of ether oxygens (including phenoxy) is 3. The van der Waals surface area contributed by atoms with Gasteiger partial charge in [0.15, 0.2) is 5.96 Å². The van der Waals surface area contributed by atoms with E-state index in [2.05, 4.69) is 19.9 Å². The van der Waals surface area contributed by atoms with Gasteiger partial charge in [0, 0.05) is 53.6 Å². The quantitative estimate of drug-likeness (QED) is 0.218. The Bertz CT molecular complexity index is 379. The van der Waals surface area contributed by atoms with Gasteiger partial charge in [0.25, 0.3) is 0 Å². The number of likely N-dealkylation sites (tertiary alicyclic amines) is 1. The molecule has 0 amide bonds. The van der Waals surface area contributed by atoms with Crippen molar-refractivity contribution in [3.63, 3.8) is 0 Å². The van der Waals surface area contributed by atoms with E-state index >= 15 is 0 Å². The predicted molar refractivity (Wildman–Crippen MR) is 105 cm³/mol. The minimum Gasteiger partial charge on any atom is -0.385 e. The number of hydrogen-bond donors (Lipinski definition) is 1. The highest BCUT2D eigenvalue weighted by Crippen LogP contribution is 2.15. The standard InChI is InChI=1S/C16H30F3N3O3.HI/c1-20-15(21-7-3-11-24-13-16(17,18)19)22-8-5-14(6-9-22)25-12-4-10-23-2;/h14H,3-13H2,1-2H3,(H,20,21);1H. The molecule has 0 aliphatic carbocycles. The first kappa shape index (κ1) is 25.7. The van der Waals surface area contributed by atoms with Crippen LogP contribution in [-0.2, 0) is 14.2 Å². The summed E-state index contributed by atoms with van der Waals surface area (Å²) < 4.78 is 51.3. The highest BCUT2D eigenvalue weighted by molar-refractivity contribution is 14.0. The molecule has 0 saturated carbocycles. The van der Waals surface area contributed by atoms with Crippen molar-refractivity contribution >= 4 is 29.9 Å². The van der Waals surface area contributed by atoms with Crippen LogP contribution < -0.4 is 5.32 Å². The molecular formula is C16H31F3IN3O3. The van der Waals surface area contributed by atoms with E-state index in [9.17, 15) is 13.2 Å². The van der Waals surface area contributed by atoms with Crippen molar-refractivity contribution in [2.75, 3.05) is 60.2 Å². The van der Waals surface area contributed by atoms with Gasteiger partial charge in [0.1, 0.15) is 6.61 Å². The van der Waals surface area contributed by atoms with Crippen LogP contribution in [0.5, 0.6) is 0 Å². The largest absolute Gasteiger partial charge is 0.411 e. The number of nitrogens with zero attached hydrogens (tertiary/aromatic N) is 2. The third kappa shape index (κ3) is 12.1. The van der Waals surface area contributed by atoms with Crippen LogP contribution >= 0.6 is 24.0 Å². The van der Waals surface area contributed by atoms with Crippen molar-refractivity contribution in [1.82, 2.24) is 10.2 Å². The first-order valence-electron chi connectivity index (χ1n) is 8.67. The van der Waals surface area contributed by atoms with Gasteiger partial charge in [-0.15, -0.1) is 24.0 Å². The van der Waals surface area contributed by atoms with Crippen LogP contribution in [0.3, 0.4) is 0 Å². The first-order valence-corrected chi connectivity index (χ1v) is 8.67. The SMILES string of the molecule is CN=C(NCCCOCC(F)(F)F)N1CCC(OCCCOC)CC1.I. The second kappa shape index (κ2) is 14.7. The van der Waals surface area contributed by atoms with Gasteiger partial charge < -0.3 is 24.4 Å². The topological polar surface area (TPSA) is 55.3 Å². The predicted octanol–water partition coefficient (Wildman–Crippen LogP) is 2.67. The summed E-state index contributed by atoms with van der Waals surface area (Å²) in [5.74, 6) is 0.772. The van der Waals surface area contributed by atoms with Crippen molar-refractivity contribution in [1.29, 1.82) is 0 Å². The molecule has 0 radical (unpaired) electrons. The summed E-state index contributed by atoms with van der Waals surface area (Å²) >= 11 is 0. The second-order valence-electron chi connectivity index (χ2n) is 5.90. The van der Waals surface area contributed by atoms with Crippen molar-refractivity contribution in [2.45, 2.75) is 38.0 Å². The smallest absolute Gasteiger partial charge is 0.385 e. The average Bonchev–Trinajstić information content (AvgIpc) is 2.58. The Morgan fingerprint density at radius 2 is 1.85 bits per heavy atom. The van der Waals surface area contributed by atoms with Gasteiger partial charge in [0.2, 0.25) is 0 Å². The van der Waals surface area contributed by atoms with Gasteiger partial charge in [0.05, 0.1) is 6.10 Å². The molecule has 1 heterocycles. The molecular weight excluding hydrogens is 466 g/mol. The van der Waals surface area contributed by atoms with Crippen LogP contribution in [0.1, 0.15) is 25.7 Å². The zero-order chi connectivity index (χ0) is 18.5. The van der Waals surface area contributed by atoms with Crippen molar-refractivity contribution in [3.05, 3.63) is 0 Å². The summed E-state index contributed by atoms with van der Waals surface area (Å²) in [6.07, 6.45) is -0.740. The monoisotopic (exact) mass is 497 g/mol. The molecule has 10 heteroatoms. The zero-order valence-electron chi connectivity index (χ0n) is 15.5. The second-order valence-corrected chi connectivity index (χ2v) is 5.90. The zero-order valence-corrected chi connectivity index (χ0v) is 17.8. The number of aliphatic imine (C=N–C) groups is 1. The molecule has 0 aromatic carbocycles. The van der Waals surface area contributed by atoms with Crippen LogP contribution in [0.2, 0.25) is 0 Å². The molecule has 0 aromatic heterocycles. The van der Waals surface area contributed by atoms with Crippen LogP contribution in [0.15, 0.2) is 4.99 Å². The molecule has 6 nitrogen and oxygen atoms in total. The maximum atomic E-state index is 12.0. The summed E-state index contributed by atoms with van der Waals surface area (Å²) in [6.45, 7) is 2.52. The Hall–Kier alpha value is -0.330. The van der Waals surface area contributed by atoms with E-state index in [4.69, 9.17) is 9.47 Å². The van der Waals surface area contributed by atoms with Crippen molar-refractivity contribution in [3.8, 4) is 0 Å². The fourth-order valence-electron chi connectivity index (χ4n) is 2.58. The molecule has 156 valence electrons. The van der Waals surface area contributed by atoms with Gasteiger partial charge >= 0.3 is 6.18 Å². The molecule has 1 aliphatic rings. The molecule has 0 unspecified atom stereocenters. The van der Waals surface area contributed by atoms with E-state index in [0.29, 0.717) is 26.2 Å². The Balaban J connectivity index is 0.00000625. The molecule has 1 saturated heterocycles. The minimum atomic E-state index is -4.26. The number of hydrogen-bond acceptors (Lipinski definition) is 4. The summed E-state index contributed by atoms with van der Waals surface area (Å²) in [6, 6.07) is 0. The molecule has 1 N–H and O–H groups in total. The van der Waals surface area contributed by atoms with Gasteiger partial charge in [-0.3, -0.25) is 4.99 Å². The highest BCUT2D eigenvalue weighted by Gasteiger charge is 2.27. The van der Waals surface area contributed by atoms with Crippen molar-refractivity contribution in [2.24, 2.45) is 4.99 Å². The molecule has 0 spiro atoms. The van der Waals surface area contributed by atoms with Gasteiger partial charge in [-0.05, 0) is 25.7 Å². The Labute approximate surface area is 170 Å². The Kier molecular flexibility index (Phi) is 14.5. The highest BCUT2D eigenvalue weighted by atomic mass is 127.